The van der Waals surface area contributed by atoms with Crippen molar-refractivity contribution in [2.45, 2.75) is 0 Å². The van der Waals surface area contributed by atoms with Crippen molar-refractivity contribution in [2.75, 3.05) is 5.73 Å². The molecule has 0 atom stereocenters. The summed E-state index contributed by atoms with van der Waals surface area (Å²) >= 11 is 3.13. The summed E-state index contributed by atoms with van der Waals surface area (Å²) in [6.45, 7) is 0. The first-order valence-electron chi connectivity index (χ1n) is 2.60. The monoisotopic (exact) mass is 203 g/mol. The first kappa shape index (κ1) is 7.27. The lowest BCUT2D eigenvalue weighted by Gasteiger charge is -1.97. The Bertz CT molecular complexity index is 306. The molecule has 0 radical (unpaired) electrons. The summed E-state index contributed by atoms with van der Waals surface area (Å²) in [6.07, 6.45) is 1.57. The SMILES string of the molecule is Cn1cc(Br)c(N)nc1=O. The molecule has 0 bridgehead atoms. The summed E-state index contributed by atoms with van der Waals surface area (Å²) in [4.78, 5) is 14.3. The van der Waals surface area contributed by atoms with E-state index in [2.05, 4.69) is 20.9 Å². The lowest BCUT2D eigenvalue weighted by molar-refractivity contribution is 0.809. The van der Waals surface area contributed by atoms with Crippen LogP contribution in [0.1, 0.15) is 0 Å². The van der Waals surface area contributed by atoms with Crippen molar-refractivity contribution in [1.82, 2.24) is 9.55 Å². The number of aromatic nitrogens is 2. The number of hydrogen-bond donors (Lipinski definition) is 1. The molecule has 1 rings (SSSR count). The van der Waals surface area contributed by atoms with E-state index >= 15 is 0 Å². The Morgan fingerprint density at radius 2 is 2.40 bits per heavy atom. The molecule has 0 spiro atoms. The van der Waals surface area contributed by atoms with E-state index in [1.165, 1.54) is 4.57 Å². The fraction of sp³-hybridized carbons (Fsp3) is 0.200. The van der Waals surface area contributed by atoms with Crippen LogP contribution in [0.3, 0.4) is 0 Å². The lowest BCUT2D eigenvalue weighted by atomic mass is 10.6. The summed E-state index contributed by atoms with van der Waals surface area (Å²) < 4.78 is 1.98. The molecular formula is C5H6BrN3O. The molecule has 0 aromatic carbocycles. The van der Waals surface area contributed by atoms with Crippen LogP contribution < -0.4 is 11.4 Å². The van der Waals surface area contributed by atoms with Gasteiger partial charge in [0.05, 0.1) is 4.47 Å². The highest BCUT2D eigenvalue weighted by Crippen LogP contribution is 2.11. The molecule has 0 fully saturated rings. The minimum atomic E-state index is -0.347. The van der Waals surface area contributed by atoms with Gasteiger partial charge in [0, 0.05) is 13.2 Å². The van der Waals surface area contributed by atoms with E-state index < -0.39 is 0 Å². The van der Waals surface area contributed by atoms with E-state index in [0.717, 1.165) is 0 Å². The molecule has 2 N–H and O–H groups in total. The van der Waals surface area contributed by atoms with Gasteiger partial charge >= 0.3 is 5.69 Å². The fourth-order valence-corrected chi connectivity index (χ4v) is 0.922. The maximum Gasteiger partial charge on any atom is 0.349 e. The molecule has 0 aliphatic carbocycles. The van der Waals surface area contributed by atoms with Crippen LogP contribution in [0.4, 0.5) is 5.82 Å². The number of nitrogen functional groups attached to an aromatic ring is 1. The smallest absolute Gasteiger partial charge is 0.349 e. The maximum absolute atomic E-state index is 10.7. The first-order valence-corrected chi connectivity index (χ1v) is 3.39. The van der Waals surface area contributed by atoms with Gasteiger partial charge in [-0.3, -0.25) is 0 Å². The van der Waals surface area contributed by atoms with Gasteiger partial charge in [-0.05, 0) is 15.9 Å². The Kier molecular flexibility index (Phi) is 1.76. The highest BCUT2D eigenvalue weighted by molar-refractivity contribution is 9.10. The molecule has 0 saturated heterocycles. The number of hydrogen-bond acceptors (Lipinski definition) is 3. The number of anilines is 1. The lowest BCUT2D eigenvalue weighted by Crippen LogP contribution is -2.20. The van der Waals surface area contributed by atoms with E-state index in [1.54, 1.807) is 13.2 Å². The van der Waals surface area contributed by atoms with Gasteiger partial charge < -0.3 is 10.3 Å². The molecule has 0 amide bonds. The first-order chi connectivity index (χ1) is 4.61. The molecule has 1 aromatic heterocycles. The van der Waals surface area contributed by atoms with E-state index in [9.17, 15) is 4.79 Å². The van der Waals surface area contributed by atoms with E-state index in [0.29, 0.717) is 4.47 Å². The number of halogens is 1. The van der Waals surface area contributed by atoms with Gasteiger partial charge in [0.2, 0.25) is 0 Å². The van der Waals surface area contributed by atoms with Crippen LogP contribution in [0.5, 0.6) is 0 Å². The number of rotatable bonds is 0. The van der Waals surface area contributed by atoms with Crippen molar-refractivity contribution in [3.8, 4) is 0 Å². The molecular weight excluding hydrogens is 198 g/mol. The van der Waals surface area contributed by atoms with Crippen molar-refractivity contribution in [3.05, 3.63) is 21.2 Å². The Morgan fingerprint density at radius 1 is 1.80 bits per heavy atom. The molecule has 0 saturated carbocycles. The van der Waals surface area contributed by atoms with Crippen LogP contribution in [0.15, 0.2) is 15.5 Å². The van der Waals surface area contributed by atoms with Crippen LogP contribution in [-0.4, -0.2) is 9.55 Å². The Hall–Kier alpha value is -0.840. The van der Waals surface area contributed by atoms with Gasteiger partial charge in [0.1, 0.15) is 5.82 Å². The minimum Gasteiger partial charge on any atom is -0.383 e. The van der Waals surface area contributed by atoms with Gasteiger partial charge in [0.25, 0.3) is 0 Å². The average molecular weight is 204 g/mol. The Balaban J connectivity index is 3.43. The highest BCUT2D eigenvalue weighted by atomic mass is 79.9. The molecule has 0 aliphatic rings. The molecule has 1 aromatic rings. The van der Waals surface area contributed by atoms with E-state index in [-0.39, 0.29) is 11.5 Å². The van der Waals surface area contributed by atoms with E-state index in [1.807, 2.05) is 0 Å². The van der Waals surface area contributed by atoms with Crippen molar-refractivity contribution in [2.24, 2.45) is 7.05 Å². The van der Waals surface area contributed by atoms with Crippen molar-refractivity contribution < 1.29 is 0 Å². The quantitative estimate of drug-likeness (QED) is 0.653. The minimum absolute atomic E-state index is 0.225. The van der Waals surface area contributed by atoms with Gasteiger partial charge in [-0.2, -0.15) is 4.98 Å². The Morgan fingerprint density at radius 3 is 2.90 bits per heavy atom. The fourth-order valence-electron chi connectivity index (χ4n) is 0.527. The van der Waals surface area contributed by atoms with Gasteiger partial charge in [0.15, 0.2) is 0 Å². The predicted octanol–water partition coefficient (Wildman–Crippen LogP) is 0.125. The van der Waals surface area contributed by atoms with Crippen LogP contribution in [0, 0.1) is 0 Å². The van der Waals surface area contributed by atoms with Crippen LogP contribution in [-0.2, 0) is 7.05 Å². The third-order valence-corrected chi connectivity index (χ3v) is 1.68. The second-order valence-corrected chi connectivity index (χ2v) is 2.72. The number of nitrogens with two attached hydrogens (primary N) is 1. The van der Waals surface area contributed by atoms with Crippen LogP contribution in [0.25, 0.3) is 0 Å². The largest absolute Gasteiger partial charge is 0.383 e. The highest BCUT2D eigenvalue weighted by Gasteiger charge is 1.97. The van der Waals surface area contributed by atoms with Crippen LogP contribution in [0.2, 0.25) is 0 Å². The number of nitrogens with zero attached hydrogens (tertiary/aromatic N) is 2. The van der Waals surface area contributed by atoms with Gasteiger partial charge in [-0.25, -0.2) is 4.79 Å². The zero-order valence-corrected chi connectivity index (χ0v) is 6.92. The van der Waals surface area contributed by atoms with Gasteiger partial charge in [-0.15, -0.1) is 0 Å². The normalized spacial score (nSPS) is 9.80. The maximum atomic E-state index is 10.7. The topological polar surface area (TPSA) is 60.9 Å². The second-order valence-electron chi connectivity index (χ2n) is 1.87. The van der Waals surface area contributed by atoms with Crippen molar-refractivity contribution in [3.63, 3.8) is 0 Å². The standard InChI is InChI=1S/C5H6BrN3O/c1-9-2-3(6)4(7)8-5(9)10/h2H,1H3,(H2,7,8,10). The Labute approximate surface area is 65.8 Å². The molecule has 1 heterocycles. The third-order valence-electron chi connectivity index (χ3n) is 1.07. The zero-order chi connectivity index (χ0) is 7.72. The summed E-state index contributed by atoms with van der Waals surface area (Å²) in [5.41, 5.74) is 4.97. The zero-order valence-electron chi connectivity index (χ0n) is 5.34. The molecule has 0 unspecified atom stereocenters. The van der Waals surface area contributed by atoms with Gasteiger partial charge in [-0.1, -0.05) is 0 Å². The third kappa shape index (κ3) is 1.18. The molecule has 0 aliphatic heterocycles. The summed E-state index contributed by atoms with van der Waals surface area (Å²) in [6, 6.07) is 0. The summed E-state index contributed by atoms with van der Waals surface area (Å²) in [5.74, 6) is 0.225. The van der Waals surface area contributed by atoms with Crippen molar-refractivity contribution >= 4 is 21.7 Å². The summed E-state index contributed by atoms with van der Waals surface area (Å²) in [7, 11) is 1.61. The van der Waals surface area contributed by atoms with E-state index in [4.69, 9.17) is 5.73 Å². The molecule has 4 nitrogen and oxygen atoms in total. The second kappa shape index (κ2) is 2.42. The number of aryl methyl sites for hydroxylation is 1. The van der Waals surface area contributed by atoms with Crippen LogP contribution >= 0.6 is 15.9 Å². The predicted molar refractivity (Wildman–Crippen MR) is 41.6 cm³/mol. The molecule has 5 heteroatoms. The van der Waals surface area contributed by atoms with Crippen molar-refractivity contribution in [1.29, 1.82) is 0 Å². The molecule has 54 valence electrons. The average Bonchev–Trinajstić information content (AvgIpc) is 1.84. The molecule has 10 heavy (non-hydrogen) atoms. The summed E-state index contributed by atoms with van der Waals surface area (Å²) in [5, 5.41) is 0.